The van der Waals surface area contributed by atoms with Crippen molar-refractivity contribution in [3.63, 3.8) is 0 Å². The van der Waals surface area contributed by atoms with Gasteiger partial charge in [0.05, 0.1) is 19.3 Å². The van der Waals surface area contributed by atoms with Gasteiger partial charge in [-0.25, -0.2) is 0 Å². The van der Waals surface area contributed by atoms with Crippen LogP contribution in [-0.4, -0.2) is 73.8 Å². The lowest BCUT2D eigenvalue weighted by molar-refractivity contribution is -0.117. The Kier molecular flexibility index (Phi) is 8.73. The van der Waals surface area contributed by atoms with E-state index in [4.69, 9.17) is 9.84 Å². The summed E-state index contributed by atoms with van der Waals surface area (Å²) in [6, 6.07) is 4.22. The van der Waals surface area contributed by atoms with Crippen molar-refractivity contribution in [2.45, 2.75) is 46.0 Å². The largest absolute Gasteiger partial charge is 0.495 e. The molecule has 1 saturated heterocycles. The Morgan fingerprint density at radius 3 is 2.29 bits per heavy atom. The molecule has 1 amide bonds. The fraction of sp³-hybridized carbons (Fsp3) is 0.682. The summed E-state index contributed by atoms with van der Waals surface area (Å²) in [4.78, 5) is 17.3. The Morgan fingerprint density at radius 2 is 1.75 bits per heavy atom. The molecule has 2 N–H and O–H groups in total. The second kappa shape index (κ2) is 10.8. The number of nitrogens with one attached hydrogen (secondary N) is 1. The summed E-state index contributed by atoms with van der Waals surface area (Å²) in [5, 5.41) is 12.1. The fourth-order valence-corrected chi connectivity index (χ4v) is 3.59. The van der Waals surface area contributed by atoms with E-state index >= 15 is 0 Å². The normalized spacial score (nSPS) is 16.0. The molecule has 1 aromatic carbocycles. The average Bonchev–Trinajstić information content (AvgIpc) is 2.67. The molecule has 1 aliphatic rings. The standard InChI is InChI=1S/C22H37N3O3/c1-16(2)18-13-19(17(3)4)22(20(14-18)28-5)23-21(27)15-25-10-8-24(9-11-25)7-6-12-26/h13-14,16-17,26H,6-12,15H2,1-5H3,(H,23,27). The van der Waals surface area contributed by atoms with Crippen molar-refractivity contribution >= 4 is 11.6 Å². The lowest BCUT2D eigenvalue weighted by Gasteiger charge is -2.34. The number of amides is 1. The van der Waals surface area contributed by atoms with Gasteiger partial charge in [-0.15, -0.1) is 0 Å². The van der Waals surface area contributed by atoms with Crippen LogP contribution in [0.4, 0.5) is 5.69 Å². The van der Waals surface area contributed by atoms with Crippen LogP contribution in [0.3, 0.4) is 0 Å². The van der Waals surface area contributed by atoms with Gasteiger partial charge in [0.1, 0.15) is 5.75 Å². The Hall–Kier alpha value is -1.63. The minimum atomic E-state index is 0.00121. The van der Waals surface area contributed by atoms with Crippen molar-refractivity contribution in [1.29, 1.82) is 0 Å². The van der Waals surface area contributed by atoms with Crippen molar-refractivity contribution in [2.75, 3.05) is 58.3 Å². The molecule has 158 valence electrons. The molecule has 1 fully saturated rings. The van der Waals surface area contributed by atoms with Crippen LogP contribution in [0.25, 0.3) is 0 Å². The minimum Gasteiger partial charge on any atom is -0.495 e. The zero-order valence-electron chi connectivity index (χ0n) is 18.1. The molecule has 0 aliphatic carbocycles. The van der Waals surface area contributed by atoms with E-state index in [0.29, 0.717) is 12.5 Å². The van der Waals surface area contributed by atoms with E-state index in [1.54, 1.807) is 7.11 Å². The van der Waals surface area contributed by atoms with Gasteiger partial charge in [-0.05, 0) is 35.4 Å². The summed E-state index contributed by atoms with van der Waals surface area (Å²) < 4.78 is 5.61. The van der Waals surface area contributed by atoms with E-state index in [1.165, 1.54) is 5.56 Å². The molecular weight excluding hydrogens is 354 g/mol. The Labute approximate surface area is 169 Å². The molecule has 2 rings (SSSR count). The van der Waals surface area contributed by atoms with Gasteiger partial charge in [-0.2, -0.15) is 0 Å². The number of carbonyl (C=O) groups excluding carboxylic acids is 1. The number of piperazine rings is 1. The predicted octanol–water partition coefficient (Wildman–Crippen LogP) is 2.88. The molecule has 1 heterocycles. The molecule has 0 unspecified atom stereocenters. The van der Waals surface area contributed by atoms with Gasteiger partial charge < -0.3 is 20.1 Å². The quantitative estimate of drug-likeness (QED) is 0.678. The van der Waals surface area contributed by atoms with E-state index in [0.717, 1.165) is 56.1 Å². The number of anilines is 1. The van der Waals surface area contributed by atoms with E-state index in [2.05, 4.69) is 48.9 Å². The van der Waals surface area contributed by atoms with Crippen molar-refractivity contribution in [1.82, 2.24) is 9.80 Å². The Morgan fingerprint density at radius 1 is 1.11 bits per heavy atom. The molecule has 0 spiro atoms. The van der Waals surface area contributed by atoms with Crippen LogP contribution in [0.1, 0.15) is 57.1 Å². The van der Waals surface area contributed by atoms with Gasteiger partial charge in [-0.3, -0.25) is 9.69 Å². The number of rotatable bonds is 9. The lowest BCUT2D eigenvalue weighted by atomic mass is 9.93. The smallest absolute Gasteiger partial charge is 0.238 e. The van der Waals surface area contributed by atoms with Crippen LogP contribution in [0.2, 0.25) is 0 Å². The zero-order chi connectivity index (χ0) is 20.7. The highest BCUT2D eigenvalue weighted by Gasteiger charge is 2.21. The highest BCUT2D eigenvalue weighted by atomic mass is 16.5. The topological polar surface area (TPSA) is 65.0 Å². The maximum absolute atomic E-state index is 12.7. The van der Waals surface area contributed by atoms with Crippen LogP contribution in [-0.2, 0) is 4.79 Å². The maximum Gasteiger partial charge on any atom is 0.238 e. The van der Waals surface area contributed by atoms with Crippen molar-refractivity contribution in [3.05, 3.63) is 23.3 Å². The highest BCUT2D eigenvalue weighted by molar-refractivity contribution is 5.95. The van der Waals surface area contributed by atoms with Crippen LogP contribution < -0.4 is 10.1 Å². The Balaban J connectivity index is 2.03. The number of nitrogens with zero attached hydrogens (tertiary/aromatic N) is 2. The molecule has 0 bridgehead atoms. The lowest BCUT2D eigenvalue weighted by Crippen LogP contribution is -2.48. The molecule has 1 aliphatic heterocycles. The molecule has 0 radical (unpaired) electrons. The van der Waals surface area contributed by atoms with Gasteiger partial charge in [0, 0.05) is 39.3 Å². The van der Waals surface area contributed by atoms with Crippen molar-refractivity contribution in [2.24, 2.45) is 0 Å². The van der Waals surface area contributed by atoms with Gasteiger partial charge in [0.2, 0.25) is 5.91 Å². The maximum atomic E-state index is 12.7. The van der Waals surface area contributed by atoms with Gasteiger partial charge in [0.25, 0.3) is 0 Å². The number of methoxy groups -OCH3 is 1. The first-order valence-electron chi connectivity index (χ1n) is 10.4. The van der Waals surface area contributed by atoms with Gasteiger partial charge in [0.15, 0.2) is 0 Å². The molecule has 6 heteroatoms. The number of hydrogen-bond donors (Lipinski definition) is 2. The van der Waals surface area contributed by atoms with Crippen LogP contribution in [0.15, 0.2) is 12.1 Å². The first kappa shape index (κ1) is 22.7. The third-order valence-corrected chi connectivity index (χ3v) is 5.39. The molecular formula is C22H37N3O3. The predicted molar refractivity (Wildman–Crippen MR) is 114 cm³/mol. The highest BCUT2D eigenvalue weighted by Crippen LogP contribution is 2.36. The fourth-order valence-electron chi connectivity index (χ4n) is 3.59. The first-order valence-corrected chi connectivity index (χ1v) is 10.4. The van der Waals surface area contributed by atoms with E-state index in [1.807, 2.05) is 6.07 Å². The first-order chi connectivity index (χ1) is 13.3. The Bertz CT molecular complexity index is 638. The summed E-state index contributed by atoms with van der Waals surface area (Å²) in [6.45, 7) is 13.8. The molecule has 1 aromatic rings. The number of ether oxygens (including phenoxy) is 1. The third kappa shape index (κ3) is 6.19. The van der Waals surface area contributed by atoms with Crippen molar-refractivity contribution in [3.8, 4) is 5.75 Å². The summed E-state index contributed by atoms with van der Waals surface area (Å²) in [5.74, 6) is 1.43. The summed E-state index contributed by atoms with van der Waals surface area (Å²) in [7, 11) is 1.66. The number of benzene rings is 1. The minimum absolute atomic E-state index is 0.00121. The monoisotopic (exact) mass is 391 g/mol. The van der Waals surface area contributed by atoms with Crippen LogP contribution >= 0.6 is 0 Å². The summed E-state index contributed by atoms with van der Waals surface area (Å²) >= 11 is 0. The summed E-state index contributed by atoms with van der Waals surface area (Å²) in [6.07, 6.45) is 0.810. The molecule has 0 aromatic heterocycles. The zero-order valence-corrected chi connectivity index (χ0v) is 18.1. The number of hydrogen-bond acceptors (Lipinski definition) is 5. The number of aliphatic hydroxyl groups is 1. The molecule has 28 heavy (non-hydrogen) atoms. The van der Waals surface area contributed by atoms with E-state index in [-0.39, 0.29) is 18.4 Å². The summed E-state index contributed by atoms with van der Waals surface area (Å²) in [5.41, 5.74) is 3.14. The number of aliphatic hydroxyl groups excluding tert-OH is 1. The van der Waals surface area contributed by atoms with Gasteiger partial charge in [-0.1, -0.05) is 33.8 Å². The molecule has 0 atom stereocenters. The van der Waals surface area contributed by atoms with Gasteiger partial charge >= 0.3 is 0 Å². The second-order valence-corrected chi connectivity index (χ2v) is 8.24. The van der Waals surface area contributed by atoms with Crippen molar-refractivity contribution < 1.29 is 14.6 Å². The van der Waals surface area contributed by atoms with Crippen LogP contribution in [0.5, 0.6) is 5.75 Å². The average molecular weight is 392 g/mol. The number of carbonyl (C=O) groups is 1. The van der Waals surface area contributed by atoms with Crippen LogP contribution in [0, 0.1) is 0 Å². The van der Waals surface area contributed by atoms with E-state index < -0.39 is 0 Å². The molecule has 6 nitrogen and oxygen atoms in total. The third-order valence-electron chi connectivity index (χ3n) is 5.39. The SMILES string of the molecule is COc1cc(C(C)C)cc(C(C)C)c1NC(=O)CN1CCN(CCCO)CC1. The second-order valence-electron chi connectivity index (χ2n) is 8.24. The molecule has 0 saturated carbocycles. The van der Waals surface area contributed by atoms with E-state index in [9.17, 15) is 4.79 Å².